The minimum absolute atomic E-state index is 0. The lowest BCUT2D eigenvalue weighted by Crippen LogP contribution is -2.50. The molecule has 172 valence electrons. The molecule has 7 nitrogen and oxygen atoms in total. The minimum atomic E-state index is -0.624. The van der Waals surface area contributed by atoms with E-state index in [2.05, 4.69) is 26.3 Å². The van der Waals surface area contributed by atoms with E-state index in [9.17, 15) is 9.59 Å². The first-order valence-corrected chi connectivity index (χ1v) is 10.8. The molecule has 0 radical (unpaired) electrons. The molecule has 0 spiro atoms. The predicted octanol–water partition coefficient (Wildman–Crippen LogP) is 2.87. The van der Waals surface area contributed by atoms with Crippen LogP contribution in [0.4, 0.5) is 5.82 Å². The second kappa shape index (κ2) is 12.5. The lowest BCUT2D eigenvalue weighted by atomic mass is 9.98. The fourth-order valence-electron chi connectivity index (χ4n) is 3.46. The van der Waals surface area contributed by atoms with Crippen LogP contribution < -0.4 is 21.7 Å². The quantitative estimate of drug-likeness (QED) is 0.460. The number of nitrogen functional groups attached to an aromatic ring is 1. The summed E-state index contributed by atoms with van der Waals surface area (Å²) in [6.45, 7) is 4.64. The van der Waals surface area contributed by atoms with E-state index in [-0.39, 0.29) is 42.7 Å². The maximum absolute atomic E-state index is 12.5. The highest BCUT2D eigenvalue weighted by atomic mass is 35.5. The van der Waals surface area contributed by atoms with Gasteiger partial charge in [-0.25, -0.2) is 4.98 Å². The third-order valence-corrected chi connectivity index (χ3v) is 6.25. The molecular weight excluding hydrogens is 481 g/mol. The standard InChI is InChI=1S/C20H26ClN5O2S.2ClH/c1-11-15(3-4-18(22)25-11)9-24-19(27)12(2)26-20(28)16-6-13(8-23-16)5-14-7-17(21)29-10-14;;/h3-4,7,10,12-13,16,23H,5-6,8-9H2,1-2H3,(H2,22,25)(H,24,27)(H,26,28);2*1H/t12-,13-,16+;;/m0../s1. The molecule has 2 aromatic rings. The summed E-state index contributed by atoms with van der Waals surface area (Å²) in [6.07, 6.45) is 1.63. The van der Waals surface area contributed by atoms with Gasteiger partial charge in [-0.05, 0) is 67.8 Å². The average molecular weight is 509 g/mol. The van der Waals surface area contributed by atoms with E-state index in [1.165, 1.54) is 16.9 Å². The van der Waals surface area contributed by atoms with E-state index in [4.69, 9.17) is 17.3 Å². The number of nitrogens with one attached hydrogen (secondary N) is 3. The van der Waals surface area contributed by atoms with Gasteiger partial charge >= 0.3 is 0 Å². The van der Waals surface area contributed by atoms with E-state index < -0.39 is 6.04 Å². The van der Waals surface area contributed by atoms with Crippen LogP contribution in [-0.2, 0) is 22.6 Å². The Balaban J connectivity index is 0.00000240. The number of halogens is 3. The Labute approximate surface area is 203 Å². The van der Waals surface area contributed by atoms with Gasteiger partial charge in [0.05, 0.1) is 10.4 Å². The SMILES string of the molecule is Cc1nc(N)ccc1CNC(=O)[C@H](C)NC(=O)[C@H]1C[C@H](Cc2csc(Cl)c2)CN1.Cl.Cl. The van der Waals surface area contributed by atoms with Crippen molar-refractivity contribution in [3.8, 4) is 0 Å². The monoisotopic (exact) mass is 507 g/mol. The van der Waals surface area contributed by atoms with Crippen LogP contribution in [0.3, 0.4) is 0 Å². The van der Waals surface area contributed by atoms with E-state index in [0.717, 1.165) is 35.0 Å². The molecule has 0 aromatic carbocycles. The highest BCUT2D eigenvalue weighted by Crippen LogP contribution is 2.25. The maximum Gasteiger partial charge on any atom is 0.242 e. The Morgan fingerprint density at radius 3 is 2.77 bits per heavy atom. The number of hydrogen-bond acceptors (Lipinski definition) is 6. The summed E-state index contributed by atoms with van der Waals surface area (Å²) in [5.41, 5.74) is 8.51. The molecule has 0 bridgehead atoms. The number of carbonyl (C=O) groups excluding carboxylic acids is 2. The van der Waals surface area contributed by atoms with Gasteiger partial charge in [0.15, 0.2) is 0 Å². The number of aryl methyl sites for hydroxylation is 1. The fraction of sp³-hybridized carbons (Fsp3) is 0.450. The summed E-state index contributed by atoms with van der Waals surface area (Å²) in [6, 6.07) is 4.61. The molecule has 0 unspecified atom stereocenters. The van der Waals surface area contributed by atoms with Crippen molar-refractivity contribution in [2.45, 2.75) is 45.3 Å². The van der Waals surface area contributed by atoms with Crippen molar-refractivity contribution in [1.29, 1.82) is 0 Å². The largest absolute Gasteiger partial charge is 0.384 e. The van der Waals surface area contributed by atoms with Crippen LogP contribution in [0, 0.1) is 12.8 Å². The highest BCUT2D eigenvalue weighted by Gasteiger charge is 2.31. The van der Waals surface area contributed by atoms with Gasteiger partial charge in [-0.15, -0.1) is 36.2 Å². The molecule has 31 heavy (non-hydrogen) atoms. The molecule has 1 saturated heterocycles. The van der Waals surface area contributed by atoms with Crippen molar-refractivity contribution >= 4 is 65.4 Å². The number of anilines is 1. The molecular formula is C20H28Cl3N5O2S. The zero-order chi connectivity index (χ0) is 21.0. The van der Waals surface area contributed by atoms with Gasteiger partial charge in [0, 0.05) is 12.2 Å². The molecule has 1 aliphatic heterocycles. The number of nitrogens with two attached hydrogens (primary N) is 1. The summed E-state index contributed by atoms with van der Waals surface area (Å²) in [4.78, 5) is 29.1. The molecule has 2 amide bonds. The Bertz CT molecular complexity index is 895. The van der Waals surface area contributed by atoms with Gasteiger partial charge in [-0.1, -0.05) is 17.7 Å². The molecule has 1 aliphatic rings. The van der Waals surface area contributed by atoms with Gasteiger partial charge in [0.1, 0.15) is 11.9 Å². The van der Waals surface area contributed by atoms with Gasteiger partial charge in [0.25, 0.3) is 0 Å². The number of hydrogen-bond donors (Lipinski definition) is 4. The number of amides is 2. The van der Waals surface area contributed by atoms with Crippen molar-refractivity contribution in [3.05, 3.63) is 44.7 Å². The second-order valence-electron chi connectivity index (χ2n) is 7.45. The Morgan fingerprint density at radius 1 is 1.39 bits per heavy atom. The van der Waals surface area contributed by atoms with Crippen molar-refractivity contribution in [2.24, 2.45) is 5.92 Å². The highest BCUT2D eigenvalue weighted by molar-refractivity contribution is 7.14. The molecule has 0 aliphatic carbocycles. The molecule has 3 rings (SSSR count). The summed E-state index contributed by atoms with van der Waals surface area (Å²) >= 11 is 7.51. The van der Waals surface area contributed by atoms with Crippen molar-refractivity contribution < 1.29 is 9.59 Å². The third-order valence-electron chi connectivity index (χ3n) is 5.11. The number of carbonyl (C=O) groups is 2. The molecule has 11 heteroatoms. The lowest BCUT2D eigenvalue weighted by molar-refractivity contribution is -0.129. The number of rotatable bonds is 7. The van der Waals surface area contributed by atoms with Crippen molar-refractivity contribution in [2.75, 3.05) is 12.3 Å². The van der Waals surface area contributed by atoms with Gasteiger partial charge < -0.3 is 21.7 Å². The van der Waals surface area contributed by atoms with Crippen LogP contribution >= 0.6 is 47.8 Å². The van der Waals surface area contributed by atoms with Crippen LogP contribution in [0.2, 0.25) is 4.34 Å². The average Bonchev–Trinajstić information content (AvgIpc) is 3.30. The predicted molar refractivity (Wildman–Crippen MR) is 130 cm³/mol. The lowest BCUT2D eigenvalue weighted by Gasteiger charge is -2.17. The van der Waals surface area contributed by atoms with E-state index in [0.29, 0.717) is 18.3 Å². The van der Waals surface area contributed by atoms with Crippen LogP contribution in [0.1, 0.15) is 30.2 Å². The zero-order valence-corrected chi connectivity index (χ0v) is 20.5. The Kier molecular flexibility index (Phi) is 11.0. The minimum Gasteiger partial charge on any atom is -0.384 e. The number of thiophene rings is 1. The fourth-order valence-corrected chi connectivity index (χ4v) is 4.38. The Hall–Kier alpha value is -1.58. The van der Waals surface area contributed by atoms with Gasteiger partial charge in [-0.3, -0.25) is 9.59 Å². The van der Waals surface area contributed by atoms with E-state index >= 15 is 0 Å². The summed E-state index contributed by atoms with van der Waals surface area (Å²) in [5, 5.41) is 10.9. The number of aromatic nitrogens is 1. The number of nitrogens with zero attached hydrogens (tertiary/aromatic N) is 1. The van der Waals surface area contributed by atoms with Gasteiger partial charge in [0.2, 0.25) is 11.8 Å². The summed E-state index contributed by atoms with van der Waals surface area (Å²) < 4.78 is 0.782. The van der Waals surface area contributed by atoms with Crippen LogP contribution in [-0.4, -0.2) is 35.4 Å². The topological polar surface area (TPSA) is 109 Å². The first-order chi connectivity index (χ1) is 13.8. The third kappa shape index (κ3) is 7.80. The molecule has 1 fully saturated rings. The molecule has 0 saturated carbocycles. The van der Waals surface area contributed by atoms with Crippen molar-refractivity contribution in [3.63, 3.8) is 0 Å². The molecule has 5 N–H and O–H groups in total. The number of pyridine rings is 1. The zero-order valence-electron chi connectivity index (χ0n) is 17.3. The normalized spacial score (nSPS) is 18.4. The second-order valence-corrected chi connectivity index (χ2v) is 9.00. The van der Waals surface area contributed by atoms with Crippen LogP contribution in [0.25, 0.3) is 0 Å². The van der Waals surface area contributed by atoms with Gasteiger partial charge in [-0.2, -0.15) is 0 Å². The summed E-state index contributed by atoms with van der Waals surface area (Å²) in [5.74, 6) is 0.435. The van der Waals surface area contributed by atoms with E-state index in [1.807, 2.05) is 19.1 Å². The van der Waals surface area contributed by atoms with E-state index in [1.54, 1.807) is 13.0 Å². The molecule has 3 atom stereocenters. The summed E-state index contributed by atoms with van der Waals surface area (Å²) in [7, 11) is 0. The smallest absolute Gasteiger partial charge is 0.242 e. The molecule has 3 heterocycles. The first-order valence-electron chi connectivity index (χ1n) is 9.58. The first kappa shape index (κ1) is 27.5. The van der Waals surface area contributed by atoms with Crippen molar-refractivity contribution in [1.82, 2.24) is 20.9 Å². The maximum atomic E-state index is 12.5. The molecule has 2 aromatic heterocycles. The Morgan fingerprint density at radius 2 is 2.13 bits per heavy atom. The van der Waals surface area contributed by atoms with Crippen LogP contribution in [0.15, 0.2) is 23.6 Å². The van der Waals surface area contributed by atoms with Crippen LogP contribution in [0.5, 0.6) is 0 Å².